The third-order valence-electron chi connectivity index (χ3n) is 3.54. The van der Waals surface area contributed by atoms with Crippen molar-refractivity contribution < 1.29 is 4.79 Å². The van der Waals surface area contributed by atoms with Crippen molar-refractivity contribution in [2.75, 3.05) is 13.1 Å². The summed E-state index contributed by atoms with van der Waals surface area (Å²) in [6.07, 6.45) is 3.02. The molecule has 0 saturated carbocycles. The summed E-state index contributed by atoms with van der Waals surface area (Å²) >= 11 is 0. The van der Waals surface area contributed by atoms with Crippen LogP contribution < -0.4 is 5.73 Å². The Morgan fingerprint density at radius 3 is 2.67 bits per heavy atom. The maximum Gasteiger partial charge on any atom is 0.218 e. The van der Waals surface area contributed by atoms with Gasteiger partial charge in [0.25, 0.3) is 0 Å². The number of benzene rings is 1. The Labute approximate surface area is 125 Å². The molecule has 0 radical (unpaired) electrons. The van der Waals surface area contributed by atoms with Crippen molar-refractivity contribution in [3.8, 4) is 0 Å². The average molecular weight is 286 g/mol. The number of H-pyrrole nitrogens is 1. The first-order valence-corrected chi connectivity index (χ1v) is 7.18. The van der Waals surface area contributed by atoms with E-state index in [2.05, 4.69) is 27.0 Å². The molecule has 5 nitrogen and oxygen atoms in total. The highest BCUT2D eigenvalue weighted by atomic mass is 16.1. The molecule has 0 bridgehead atoms. The Morgan fingerprint density at radius 1 is 1.29 bits per heavy atom. The van der Waals surface area contributed by atoms with E-state index in [1.807, 2.05) is 25.1 Å². The van der Waals surface area contributed by atoms with Gasteiger partial charge < -0.3 is 10.7 Å². The predicted molar refractivity (Wildman–Crippen MR) is 82.6 cm³/mol. The summed E-state index contributed by atoms with van der Waals surface area (Å²) in [6.45, 7) is 4.28. The zero-order valence-corrected chi connectivity index (χ0v) is 12.4. The first kappa shape index (κ1) is 15.3. The number of hydrogen-bond donors (Lipinski definition) is 2. The molecule has 2 aromatic rings. The van der Waals surface area contributed by atoms with Gasteiger partial charge in [0.05, 0.1) is 12.0 Å². The molecular formula is C16H22N4O. The predicted octanol–water partition coefficient (Wildman–Crippen LogP) is 1.64. The van der Waals surface area contributed by atoms with Crippen LogP contribution in [0.2, 0.25) is 0 Å². The summed E-state index contributed by atoms with van der Waals surface area (Å²) in [6, 6.07) is 10.3. The van der Waals surface area contributed by atoms with Crippen molar-refractivity contribution in [3.05, 3.63) is 53.6 Å². The number of rotatable bonds is 8. The SMILES string of the molecule is Cc1[nH]cnc1CN(CCC(N)=O)CCc1ccccc1. The molecule has 1 amide bonds. The molecule has 1 aromatic heterocycles. The largest absolute Gasteiger partial charge is 0.370 e. The van der Waals surface area contributed by atoms with Gasteiger partial charge in [0.2, 0.25) is 5.91 Å². The molecule has 2 rings (SSSR count). The summed E-state index contributed by atoms with van der Waals surface area (Å²) in [7, 11) is 0. The van der Waals surface area contributed by atoms with Crippen molar-refractivity contribution >= 4 is 5.91 Å². The standard InChI is InChI=1S/C16H22N4O/c1-13-15(19-12-18-13)11-20(10-8-16(17)21)9-7-14-5-3-2-4-6-14/h2-6,12H,7-11H2,1H3,(H2,17,21)(H,18,19). The minimum Gasteiger partial charge on any atom is -0.370 e. The third kappa shape index (κ3) is 5.04. The minimum absolute atomic E-state index is 0.265. The summed E-state index contributed by atoms with van der Waals surface area (Å²) in [5.74, 6) is -0.265. The Balaban J connectivity index is 1.94. The van der Waals surface area contributed by atoms with E-state index in [4.69, 9.17) is 5.73 Å². The number of aromatic amines is 1. The number of nitrogens with two attached hydrogens (primary N) is 1. The fourth-order valence-corrected chi connectivity index (χ4v) is 2.23. The van der Waals surface area contributed by atoms with Gasteiger partial charge in [0.15, 0.2) is 0 Å². The van der Waals surface area contributed by atoms with Crippen molar-refractivity contribution in [1.82, 2.24) is 14.9 Å². The van der Waals surface area contributed by atoms with E-state index in [0.717, 1.165) is 30.9 Å². The number of aryl methyl sites for hydroxylation is 1. The third-order valence-corrected chi connectivity index (χ3v) is 3.54. The van der Waals surface area contributed by atoms with Gasteiger partial charge in [-0.05, 0) is 18.9 Å². The van der Waals surface area contributed by atoms with E-state index in [1.54, 1.807) is 6.33 Å². The minimum atomic E-state index is -0.265. The molecule has 0 aliphatic heterocycles. The Bertz CT molecular complexity index is 565. The molecule has 0 spiro atoms. The molecule has 21 heavy (non-hydrogen) atoms. The molecule has 1 heterocycles. The fourth-order valence-electron chi connectivity index (χ4n) is 2.23. The van der Waals surface area contributed by atoms with Gasteiger partial charge in [-0.1, -0.05) is 30.3 Å². The molecule has 0 saturated heterocycles. The van der Waals surface area contributed by atoms with Gasteiger partial charge in [-0.2, -0.15) is 0 Å². The lowest BCUT2D eigenvalue weighted by Crippen LogP contribution is -2.30. The molecule has 0 aliphatic carbocycles. The highest BCUT2D eigenvalue weighted by Gasteiger charge is 2.11. The van der Waals surface area contributed by atoms with Crippen LogP contribution in [0.25, 0.3) is 0 Å². The van der Waals surface area contributed by atoms with Crippen LogP contribution in [0.5, 0.6) is 0 Å². The second kappa shape index (κ2) is 7.59. The molecule has 0 unspecified atom stereocenters. The highest BCUT2D eigenvalue weighted by molar-refractivity contribution is 5.73. The quantitative estimate of drug-likeness (QED) is 0.774. The molecule has 0 fully saturated rings. The molecule has 112 valence electrons. The first-order valence-electron chi connectivity index (χ1n) is 7.18. The number of amides is 1. The molecule has 5 heteroatoms. The Morgan fingerprint density at radius 2 is 2.05 bits per heavy atom. The number of carbonyl (C=O) groups excluding carboxylic acids is 1. The summed E-state index contributed by atoms with van der Waals surface area (Å²) in [5, 5.41) is 0. The van der Waals surface area contributed by atoms with Crippen LogP contribution in [0.4, 0.5) is 0 Å². The molecule has 1 aromatic carbocycles. The summed E-state index contributed by atoms with van der Waals surface area (Å²) in [5.41, 5.74) is 8.65. The number of imidazole rings is 1. The van der Waals surface area contributed by atoms with E-state index in [1.165, 1.54) is 5.56 Å². The normalized spacial score (nSPS) is 11.0. The van der Waals surface area contributed by atoms with Crippen LogP contribution in [0.1, 0.15) is 23.4 Å². The molecule has 0 atom stereocenters. The zero-order chi connectivity index (χ0) is 15.1. The van der Waals surface area contributed by atoms with Gasteiger partial charge in [0.1, 0.15) is 0 Å². The zero-order valence-electron chi connectivity index (χ0n) is 12.4. The number of nitrogens with zero attached hydrogens (tertiary/aromatic N) is 2. The summed E-state index contributed by atoms with van der Waals surface area (Å²) < 4.78 is 0. The van der Waals surface area contributed by atoms with Gasteiger partial charge in [-0.25, -0.2) is 4.98 Å². The summed E-state index contributed by atoms with van der Waals surface area (Å²) in [4.78, 5) is 20.7. The smallest absolute Gasteiger partial charge is 0.218 e. The van der Waals surface area contributed by atoms with Gasteiger partial charge in [0, 0.05) is 31.7 Å². The number of hydrogen-bond acceptors (Lipinski definition) is 3. The average Bonchev–Trinajstić information content (AvgIpc) is 2.88. The second-order valence-corrected chi connectivity index (χ2v) is 5.20. The maximum absolute atomic E-state index is 11.0. The van der Waals surface area contributed by atoms with Crippen LogP contribution >= 0.6 is 0 Å². The van der Waals surface area contributed by atoms with Crippen LogP contribution in [-0.2, 0) is 17.8 Å². The lowest BCUT2D eigenvalue weighted by atomic mass is 10.1. The number of primary amides is 1. The maximum atomic E-state index is 11.0. The van der Waals surface area contributed by atoms with E-state index in [0.29, 0.717) is 13.0 Å². The monoisotopic (exact) mass is 286 g/mol. The van der Waals surface area contributed by atoms with Gasteiger partial charge in [-0.3, -0.25) is 9.69 Å². The van der Waals surface area contributed by atoms with Crippen molar-refractivity contribution in [3.63, 3.8) is 0 Å². The van der Waals surface area contributed by atoms with E-state index < -0.39 is 0 Å². The van der Waals surface area contributed by atoms with Crippen LogP contribution in [0.15, 0.2) is 36.7 Å². The Hall–Kier alpha value is -2.14. The number of nitrogens with one attached hydrogen (secondary N) is 1. The molecule has 0 aliphatic rings. The number of carbonyl (C=O) groups is 1. The molecular weight excluding hydrogens is 264 g/mol. The lowest BCUT2D eigenvalue weighted by molar-refractivity contribution is -0.118. The van der Waals surface area contributed by atoms with E-state index in [-0.39, 0.29) is 5.91 Å². The second-order valence-electron chi connectivity index (χ2n) is 5.20. The van der Waals surface area contributed by atoms with Crippen molar-refractivity contribution in [2.45, 2.75) is 26.3 Å². The van der Waals surface area contributed by atoms with Crippen LogP contribution in [0.3, 0.4) is 0 Å². The van der Waals surface area contributed by atoms with Crippen LogP contribution in [-0.4, -0.2) is 33.9 Å². The van der Waals surface area contributed by atoms with E-state index in [9.17, 15) is 4.79 Å². The topological polar surface area (TPSA) is 75.0 Å². The first-order chi connectivity index (χ1) is 10.1. The lowest BCUT2D eigenvalue weighted by Gasteiger charge is -2.21. The van der Waals surface area contributed by atoms with Crippen LogP contribution in [0, 0.1) is 6.92 Å². The van der Waals surface area contributed by atoms with Gasteiger partial charge in [-0.15, -0.1) is 0 Å². The fraction of sp³-hybridized carbons (Fsp3) is 0.375. The van der Waals surface area contributed by atoms with Crippen molar-refractivity contribution in [1.29, 1.82) is 0 Å². The number of aromatic nitrogens is 2. The van der Waals surface area contributed by atoms with E-state index >= 15 is 0 Å². The van der Waals surface area contributed by atoms with Crippen molar-refractivity contribution in [2.24, 2.45) is 5.73 Å². The molecule has 3 N–H and O–H groups in total. The van der Waals surface area contributed by atoms with Gasteiger partial charge >= 0.3 is 0 Å². The highest BCUT2D eigenvalue weighted by Crippen LogP contribution is 2.08. The Kier molecular flexibility index (Phi) is 5.51.